The van der Waals surface area contributed by atoms with Crippen LogP contribution >= 0.6 is 7.82 Å². The van der Waals surface area contributed by atoms with Crippen molar-refractivity contribution in [1.29, 1.82) is 0 Å². The maximum Gasteiger partial charge on any atom is 0.647 e. The quantitative estimate of drug-likeness (QED) is 0.116. The van der Waals surface area contributed by atoms with Gasteiger partial charge in [-0.1, -0.05) is 180 Å². The van der Waals surface area contributed by atoms with E-state index in [1.165, 1.54) is 11.1 Å². The molecule has 0 radical (unpaired) electrons. The Hall–Kier alpha value is -4.02. The van der Waals surface area contributed by atoms with E-state index in [-0.39, 0.29) is 44.4 Å². The summed E-state index contributed by atoms with van der Waals surface area (Å²) in [6.07, 6.45) is 0. The zero-order chi connectivity index (χ0) is 46.0. The van der Waals surface area contributed by atoms with Crippen LogP contribution in [-0.2, 0) is 41.8 Å². The number of phosphoric acid groups is 1. The number of aryl methyl sites for hydroxylation is 2. The van der Waals surface area contributed by atoms with Gasteiger partial charge in [-0.3, -0.25) is 4.79 Å². The molecule has 330 valence electrons. The van der Waals surface area contributed by atoms with Crippen molar-refractivity contribution in [3.8, 4) is 23.0 Å². The Morgan fingerprint density at radius 1 is 0.492 bits per heavy atom. The summed E-state index contributed by atoms with van der Waals surface area (Å²) in [5.74, 6) is 0.986. The largest absolute Gasteiger partial charge is 0.647 e. The molecule has 0 N–H and O–H groups in total. The molecule has 6 nitrogen and oxygen atoms in total. The van der Waals surface area contributed by atoms with Crippen molar-refractivity contribution in [1.82, 2.24) is 0 Å². The molecule has 1 atom stereocenters. The van der Waals surface area contributed by atoms with Gasteiger partial charge in [0.05, 0.1) is 0 Å². The zero-order valence-electron chi connectivity index (χ0n) is 41.2. The minimum Gasteiger partial charge on any atom is -0.425 e. The van der Waals surface area contributed by atoms with Crippen molar-refractivity contribution < 1.29 is 27.7 Å². The van der Waals surface area contributed by atoms with Crippen LogP contribution in [0.25, 0.3) is 0 Å². The van der Waals surface area contributed by atoms with E-state index in [0.29, 0.717) is 34.1 Å². The number of fused-ring (bicyclic) bond motifs is 3. The molecule has 2 aliphatic rings. The van der Waals surface area contributed by atoms with Crippen molar-refractivity contribution in [3.63, 3.8) is 0 Å². The number of rotatable bonds is 3. The topological polar surface area (TPSA) is 71.1 Å². The lowest BCUT2D eigenvalue weighted by Gasteiger charge is -2.36. The Labute approximate surface area is 368 Å². The van der Waals surface area contributed by atoms with Crippen LogP contribution in [0.5, 0.6) is 23.0 Å². The molecule has 0 saturated carbocycles. The minimum atomic E-state index is -4.50. The highest BCUT2D eigenvalue weighted by Crippen LogP contribution is 2.60. The maximum absolute atomic E-state index is 15.9. The minimum absolute atomic E-state index is 0.143. The van der Waals surface area contributed by atoms with Crippen LogP contribution in [0.4, 0.5) is 0 Å². The summed E-state index contributed by atoms with van der Waals surface area (Å²) in [4.78, 5) is 13.9. The SMILES string of the molecule is Cc1cc(C2C(=O)Oc3c2cc(C(C)(C)C)cc3C(C)(C)C)cc(C)c1OP1(=O)Oc2c(cc(C(C)(C)C)cc2C(C)(C)C)C(C)c2cc(C(C)(C)C)cc(C(C)(C)C)c2O1. The molecule has 0 bridgehead atoms. The van der Waals surface area contributed by atoms with Gasteiger partial charge < -0.3 is 18.3 Å². The molecule has 2 aliphatic heterocycles. The van der Waals surface area contributed by atoms with Gasteiger partial charge in [0.15, 0.2) is 0 Å². The van der Waals surface area contributed by atoms with Gasteiger partial charge in [0.25, 0.3) is 0 Å². The average Bonchev–Trinajstić information content (AvgIpc) is 3.41. The molecular weight excluding hydrogens is 776 g/mol. The van der Waals surface area contributed by atoms with Gasteiger partial charge in [-0.2, -0.15) is 4.57 Å². The van der Waals surface area contributed by atoms with Gasteiger partial charge in [0.1, 0.15) is 28.9 Å². The van der Waals surface area contributed by atoms with Crippen LogP contribution in [0, 0.1) is 13.8 Å². The van der Waals surface area contributed by atoms with Gasteiger partial charge in [0.2, 0.25) is 0 Å². The molecular formula is C54H73O6P. The van der Waals surface area contributed by atoms with Crippen molar-refractivity contribution in [3.05, 3.63) is 115 Å². The predicted molar refractivity (Wildman–Crippen MR) is 252 cm³/mol. The second kappa shape index (κ2) is 14.8. The van der Waals surface area contributed by atoms with Crippen molar-refractivity contribution in [2.45, 2.75) is 190 Å². The highest BCUT2D eigenvalue weighted by molar-refractivity contribution is 7.49. The third kappa shape index (κ3) is 8.95. The third-order valence-corrected chi connectivity index (χ3v) is 13.7. The van der Waals surface area contributed by atoms with E-state index < -0.39 is 13.7 Å². The van der Waals surface area contributed by atoms with Crippen LogP contribution in [0.15, 0.2) is 48.5 Å². The van der Waals surface area contributed by atoms with E-state index in [9.17, 15) is 4.79 Å². The molecule has 4 aromatic carbocycles. The van der Waals surface area contributed by atoms with Crippen LogP contribution in [0.1, 0.15) is 210 Å². The van der Waals surface area contributed by atoms with Crippen LogP contribution in [0.2, 0.25) is 0 Å². The molecule has 0 spiro atoms. The van der Waals surface area contributed by atoms with E-state index in [1.54, 1.807) is 0 Å². The molecule has 0 fully saturated rings. The first-order valence-corrected chi connectivity index (χ1v) is 23.6. The van der Waals surface area contributed by atoms with Gasteiger partial charge >= 0.3 is 13.8 Å². The Morgan fingerprint density at radius 2 is 0.836 bits per heavy atom. The van der Waals surface area contributed by atoms with E-state index >= 15 is 4.57 Å². The number of phosphoric ester groups is 1. The monoisotopic (exact) mass is 849 g/mol. The van der Waals surface area contributed by atoms with Crippen molar-refractivity contribution >= 4 is 13.8 Å². The standard InChI is InChI=1S/C54H73O6P/c1-30-22-33(43-39-26-36(51(10,11)12)27-40(52(13,14)15)45(39)57-48(43)55)23-31(2)44(30)58-61(56)59-46-37(24-34(49(4,5)6)28-41(46)53(16,17)18)32(3)38-25-35(50(7,8)9)29-42(47(38)60-61)54(19,20)21/h22-29,32,43H,1-21H3. The zero-order valence-corrected chi connectivity index (χ0v) is 42.1. The third-order valence-electron chi connectivity index (χ3n) is 12.5. The summed E-state index contributed by atoms with van der Waals surface area (Å²) in [7, 11) is -4.50. The molecule has 0 aromatic heterocycles. The molecule has 0 saturated heterocycles. The lowest BCUT2D eigenvalue weighted by Crippen LogP contribution is -2.24. The van der Waals surface area contributed by atoms with Crippen molar-refractivity contribution in [2.75, 3.05) is 0 Å². The molecule has 2 heterocycles. The molecule has 6 rings (SSSR count). The van der Waals surface area contributed by atoms with Crippen molar-refractivity contribution in [2.24, 2.45) is 0 Å². The average molecular weight is 849 g/mol. The summed E-state index contributed by atoms with van der Waals surface area (Å²) in [6, 6.07) is 17.1. The second-order valence-corrected chi connectivity index (χ2v) is 25.5. The predicted octanol–water partition coefficient (Wildman–Crippen LogP) is 15.2. The normalized spacial score (nSPS) is 19.8. The van der Waals surface area contributed by atoms with E-state index in [1.807, 2.05) is 26.0 Å². The second-order valence-electron chi connectivity index (χ2n) is 24.1. The number of benzene rings is 4. The number of esters is 1. The first-order chi connectivity index (χ1) is 27.5. The smallest absolute Gasteiger partial charge is 0.425 e. The fourth-order valence-electron chi connectivity index (χ4n) is 8.55. The number of carbonyl (C=O) groups excluding carboxylic acids is 1. The van der Waals surface area contributed by atoms with E-state index in [2.05, 4.69) is 168 Å². The van der Waals surface area contributed by atoms with E-state index in [0.717, 1.165) is 44.5 Å². The summed E-state index contributed by atoms with van der Waals surface area (Å²) in [5, 5.41) is 0. The number of ether oxygens (including phenoxy) is 1. The summed E-state index contributed by atoms with van der Waals surface area (Å²) in [6.45, 7) is 45.4. The van der Waals surface area contributed by atoms with Crippen LogP contribution in [-0.4, -0.2) is 5.97 Å². The highest BCUT2D eigenvalue weighted by atomic mass is 31.2. The van der Waals surface area contributed by atoms with Crippen LogP contribution < -0.4 is 18.3 Å². The Bertz CT molecular complexity index is 2350. The Balaban J connectivity index is 1.58. The lowest BCUT2D eigenvalue weighted by atomic mass is 9.74. The first kappa shape index (κ1) is 46.5. The maximum atomic E-state index is 15.9. The molecule has 4 aromatic rings. The number of hydrogen-bond acceptors (Lipinski definition) is 6. The fraction of sp³-hybridized carbons (Fsp3) is 0.537. The van der Waals surface area contributed by atoms with Gasteiger partial charge in [-0.05, 0) is 79.7 Å². The molecule has 1 unspecified atom stereocenters. The van der Waals surface area contributed by atoms with Gasteiger partial charge in [0, 0.05) is 39.3 Å². The Kier molecular flexibility index (Phi) is 11.3. The fourth-order valence-corrected chi connectivity index (χ4v) is 10.0. The Morgan fingerprint density at radius 3 is 1.18 bits per heavy atom. The van der Waals surface area contributed by atoms with Gasteiger partial charge in [-0.25, -0.2) is 0 Å². The summed E-state index contributed by atoms with van der Waals surface area (Å²) in [5.41, 5.74) is 9.88. The lowest BCUT2D eigenvalue weighted by molar-refractivity contribution is -0.133. The first-order valence-electron chi connectivity index (χ1n) is 22.1. The molecule has 7 heteroatoms. The van der Waals surface area contributed by atoms with Crippen LogP contribution in [0.3, 0.4) is 0 Å². The van der Waals surface area contributed by atoms with E-state index in [4.69, 9.17) is 18.3 Å². The molecule has 0 amide bonds. The molecule has 0 aliphatic carbocycles. The highest BCUT2D eigenvalue weighted by Gasteiger charge is 2.45. The van der Waals surface area contributed by atoms with Gasteiger partial charge in [-0.15, -0.1) is 0 Å². The molecule has 61 heavy (non-hydrogen) atoms. The summed E-state index contributed by atoms with van der Waals surface area (Å²) >= 11 is 0. The summed E-state index contributed by atoms with van der Waals surface area (Å²) < 4.78 is 42.6. The number of carbonyl (C=O) groups is 1. The number of hydrogen-bond donors (Lipinski definition) is 0.